The number of rotatable bonds is 3. The zero-order valence-electron chi connectivity index (χ0n) is 12.7. The molecule has 0 aliphatic carbocycles. The van der Waals surface area contributed by atoms with E-state index in [1.54, 1.807) is 4.68 Å². The molecule has 0 saturated heterocycles. The number of benzene rings is 2. The molecule has 118 valence electrons. The first-order valence-corrected chi connectivity index (χ1v) is 7.55. The molecule has 0 amide bonds. The van der Waals surface area contributed by atoms with Gasteiger partial charge in [0.05, 0.1) is 4.92 Å². The summed E-state index contributed by atoms with van der Waals surface area (Å²) in [5.74, 6) is 0. The molecule has 24 heavy (non-hydrogen) atoms. The number of para-hydroxylation sites is 1. The average molecular weight is 318 g/mol. The van der Waals surface area contributed by atoms with E-state index in [9.17, 15) is 10.1 Å². The number of hydrogen-bond donors (Lipinski definition) is 1. The number of nitro groups is 1. The Morgan fingerprint density at radius 1 is 1.12 bits per heavy atom. The van der Waals surface area contributed by atoms with Crippen molar-refractivity contribution in [2.24, 2.45) is 0 Å². The van der Waals surface area contributed by atoms with Crippen molar-refractivity contribution in [3.63, 3.8) is 0 Å². The van der Waals surface area contributed by atoms with Gasteiger partial charge in [0.1, 0.15) is 12.4 Å². The van der Waals surface area contributed by atoms with Gasteiger partial charge in [-0.15, -0.1) is 0 Å². The molecule has 1 aliphatic rings. The summed E-state index contributed by atoms with van der Waals surface area (Å²) in [5.41, 5.74) is 3.24. The third-order valence-corrected chi connectivity index (χ3v) is 3.99. The lowest BCUT2D eigenvalue weighted by molar-refractivity contribution is -0.384. The molecule has 2 aromatic carbocycles. The Morgan fingerprint density at radius 3 is 2.67 bits per heavy atom. The molecule has 0 saturated carbocycles. The molecular weight excluding hydrogens is 304 g/mol. The van der Waals surface area contributed by atoms with Crippen LogP contribution in [0.25, 0.3) is 17.3 Å². The topological polar surface area (TPSA) is 73.0 Å². The molecule has 1 N–H and O–H groups in total. The van der Waals surface area contributed by atoms with Gasteiger partial charge in [0.2, 0.25) is 0 Å². The van der Waals surface area contributed by atoms with Gasteiger partial charge in [0, 0.05) is 11.3 Å². The van der Waals surface area contributed by atoms with Crippen molar-refractivity contribution in [3.8, 4) is 11.3 Å². The van der Waals surface area contributed by atoms with Crippen LogP contribution in [0.1, 0.15) is 11.7 Å². The van der Waals surface area contributed by atoms with E-state index in [2.05, 4.69) is 10.4 Å². The predicted octanol–water partition coefficient (Wildman–Crippen LogP) is 4.10. The van der Waals surface area contributed by atoms with E-state index in [-0.39, 0.29) is 16.8 Å². The summed E-state index contributed by atoms with van der Waals surface area (Å²) in [6, 6.07) is 17.4. The van der Waals surface area contributed by atoms with E-state index >= 15 is 0 Å². The van der Waals surface area contributed by atoms with Crippen LogP contribution in [0.2, 0.25) is 0 Å². The molecule has 3 aromatic rings. The summed E-state index contributed by atoms with van der Waals surface area (Å²) < 4.78 is 1.65. The Bertz CT molecular complexity index is 931. The second-order valence-corrected chi connectivity index (χ2v) is 5.48. The fourth-order valence-electron chi connectivity index (χ4n) is 2.89. The van der Waals surface area contributed by atoms with Crippen molar-refractivity contribution in [1.82, 2.24) is 9.78 Å². The maximum atomic E-state index is 11.3. The van der Waals surface area contributed by atoms with E-state index in [1.807, 2.05) is 66.7 Å². The zero-order chi connectivity index (χ0) is 16.5. The molecule has 1 aliphatic heterocycles. The summed E-state index contributed by atoms with van der Waals surface area (Å²) in [7, 11) is 0. The quantitative estimate of drug-likeness (QED) is 0.583. The summed E-state index contributed by atoms with van der Waals surface area (Å²) in [6.45, 7) is 0. The van der Waals surface area contributed by atoms with Crippen LogP contribution < -0.4 is 5.32 Å². The Hall–Kier alpha value is -3.41. The summed E-state index contributed by atoms with van der Waals surface area (Å²) in [4.78, 5) is 11.0. The van der Waals surface area contributed by atoms with Crippen LogP contribution in [-0.2, 0) is 0 Å². The van der Waals surface area contributed by atoms with Crippen LogP contribution in [0.3, 0.4) is 0 Å². The molecular formula is C18H14N4O2. The zero-order valence-corrected chi connectivity index (χ0v) is 12.7. The van der Waals surface area contributed by atoms with Gasteiger partial charge in [-0.1, -0.05) is 54.6 Å². The number of nitrogens with zero attached hydrogens (tertiary/aromatic N) is 3. The highest BCUT2D eigenvalue weighted by Gasteiger charge is 2.30. The number of nitrogens with one attached hydrogen (secondary N) is 1. The molecule has 2 heterocycles. The van der Waals surface area contributed by atoms with Crippen molar-refractivity contribution in [1.29, 1.82) is 0 Å². The lowest BCUT2D eigenvalue weighted by Crippen LogP contribution is -2.23. The van der Waals surface area contributed by atoms with Crippen molar-refractivity contribution < 1.29 is 4.92 Å². The monoisotopic (exact) mass is 318 g/mol. The lowest BCUT2D eigenvalue weighted by Gasteiger charge is -2.26. The largest absolute Gasteiger partial charge is 0.360 e. The Kier molecular flexibility index (Phi) is 3.35. The Morgan fingerprint density at radius 2 is 1.88 bits per heavy atom. The van der Waals surface area contributed by atoms with Gasteiger partial charge in [-0.2, -0.15) is 5.10 Å². The number of anilines is 1. The van der Waals surface area contributed by atoms with Gasteiger partial charge in [0.25, 0.3) is 0 Å². The molecule has 0 fully saturated rings. The standard InChI is InChI=1S/C18H14N4O2/c23-22(24)16-12-19-21-17(11-10-13-6-2-1-3-7-13)20-15-9-5-4-8-14(15)18(16)21/h1-12,17,20H. The molecule has 4 rings (SSSR count). The number of hydrogen-bond acceptors (Lipinski definition) is 4. The van der Waals surface area contributed by atoms with Crippen molar-refractivity contribution in [2.45, 2.75) is 6.17 Å². The first-order chi connectivity index (χ1) is 11.7. The maximum absolute atomic E-state index is 11.3. The third kappa shape index (κ3) is 2.34. The highest BCUT2D eigenvalue weighted by Crippen LogP contribution is 2.41. The van der Waals surface area contributed by atoms with Gasteiger partial charge >= 0.3 is 5.69 Å². The fraction of sp³-hybridized carbons (Fsp3) is 0.0556. The maximum Gasteiger partial charge on any atom is 0.315 e. The number of aromatic nitrogens is 2. The van der Waals surface area contributed by atoms with E-state index < -0.39 is 0 Å². The molecule has 1 atom stereocenters. The molecule has 0 radical (unpaired) electrons. The molecule has 0 spiro atoms. The number of fused-ring (bicyclic) bond motifs is 3. The third-order valence-electron chi connectivity index (χ3n) is 3.99. The van der Waals surface area contributed by atoms with Crippen LogP contribution in [0.15, 0.2) is 66.9 Å². The van der Waals surface area contributed by atoms with Gasteiger partial charge in [-0.3, -0.25) is 10.1 Å². The van der Waals surface area contributed by atoms with Gasteiger partial charge in [-0.25, -0.2) is 4.68 Å². The summed E-state index contributed by atoms with van der Waals surface area (Å²) in [5, 5.41) is 18.9. The molecule has 6 nitrogen and oxygen atoms in total. The smallest absolute Gasteiger partial charge is 0.315 e. The van der Waals surface area contributed by atoms with Gasteiger partial charge in [-0.05, 0) is 17.7 Å². The van der Waals surface area contributed by atoms with Crippen LogP contribution in [-0.4, -0.2) is 14.7 Å². The van der Waals surface area contributed by atoms with Crippen molar-refractivity contribution >= 4 is 17.5 Å². The second-order valence-electron chi connectivity index (χ2n) is 5.48. The average Bonchev–Trinajstić information content (AvgIpc) is 3.06. The molecule has 1 unspecified atom stereocenters. The van der Waals surface area contributed by atoms with E-state index in [0.29, 0.717) is 5.69 Å². The molecule has 1 aromatic heterocycles. The van der Waals surface area contributed by atoms with E-state index in [0.717, 1.165) is 16.8 Å². The first kappa shape index (κ1) is 14.2. The van der Waals surface area contributed by atoms with Crippen LogP contribution in [0.4, 0.5) is 11.4 Å². The van der Waals surface area contributed by atoms with Crippen LogP contribution in [0.5, 0.6) is 0 Å². The predicted molar refractivity (Wildman–Crippen MR) is 92.5 cm³/mol. The van der Waals surface area contributed by atoms with Crippen molar-refractivity contribution in [3.05, 3.63) is 82.5 Å². The van der Waals surface area contributed by atoms with Gasteiger partial charge < -0.3 is 5.32 Å². The van der Waals surface area contributed by atoms with Gasteiger partial charge in [0.15, 0.2) is 5.69 Å². The Balaban J connectivity index is 1.80. The normalized spacial score (nSPS) is 15.6. The van der Waals surface area contributed by atoms with E-state index in [4.69, 9.17) is 0 Å². The molecule has 6 heteroatoms. The van der Waals surface area contributed by atoms with Crippen LogP contribution in [0, 0.1) is 10.1 Å². The van der Waals surface area contributed by atoms with Crippen LogP contribution >= 0.6 is 0 Å². The summed E-state index contributed by atoms with van der Waals surface area (Å²) in [6.07, 6.45) is 4.94. The minimum atomic E-state index is -0.390. The highest BCUT2D eigenvalue weighted by molar-refractivity contribution is 5.83. The fourth-order valence-corrected chi connectivity index (χ4v) is 2.89. The SMILES string of the molecule is O=[N+]([O-])c1cnn2c1-c1ccccc1NC2C=Cc1ccccc1. The highest BCUT2D eigenvalue weighted by atomic mass is 16.6. The molecule has 0 bridgehead atoms. The summed E-state index contributed by atoms with van der Waals surface area (Å²) >= 11 is 0. The Labute approximate surface area is 138 Å². The van der Waals surface area contributed by atoms with Crippen molar-refractivity contribution in [2.75, 3.05) is 5.32 Å². The minimum Gasteiger partial charge on any atom is -0.360 e. The lowest BCUT2D eigenvalue weighted by atomic mass is 10.1. The minimum absolute atomic E-state index is 0.0158. The first-order valence-electron chi connectivity index (χ1n) is 7.55. The second kappa shape index (κ2) is 5.66. The van der Waals surface area contributed by atoms with E-state index in [1.165, 1.54) is 6.20 Å².